The van der Waals surface area contributed by atoms with E-state index in [4.69, 9.17) is 9.72 Å². The van der Waals surface area contributed by atoms with Gasteiger partial charge in [0.25, 0.3) is 0 Å². The minimum Gasteiger partial charge on any atom is -0.361 e. The summed E-state index contributed by atoms with van der Waals surface area (Å²) in [6, 6.07) is -0.133. The minimum atomic E-state index is -5.05. The summed E-state index contributed by atoms with van der Waals surface area (Å²) in [7, 11) is 1.68. The van der Waals surface area contributed by atoms with Crippen molar-refractivity contribution < 1.29 is 32.3 Å². The molecular weight excluding hydrogens is 457 g/mol. The van der Waals surface area contributed by atoms with Gasteiger partial charge in [0.1, 0.15) is 6.73 Å². The van der Waals surface area contributed by atoms with Crippen LogP contribution in [0, 0.1) is 11.8 Å². The molecule has 1 saturated heterocycles. The van der Waals surface area contributed by atoms with Gasteiger partial charge in [-0.1, -0.05) is 5.92 Å². The second kappa shape index (κ2) is 9.71. The van der Waals surface area contributed by atoms with E-state index in [9.17, 15) is 22.8 Å². The fourth-order valence-electron chi connectivity index (χ4n) is 4.09. The smallest absolute Gasteiger partial charge is 0.361 e. The van der Waals surface area contributed by atoms with Crippen LogP contribution in [0.5, 0.6) is 0 Å². The summed E-state index contributed by atoms with van der Waals surface area (Å²) in [6.45, 7) is 3.12. The van der Waals surface area contributed by atoms with Crippen molar-refractivity contribution in [3.05, 3.63) is 5.69 Å². The molecule has 0 aromatic carbocycles. The molecule has 0 bridgehead atoms. The van der Waals surface area contributed by atoms with Crippen LogP contribution in [0.2, 0.25) is 0 Å². The van der Waals surface area contributed by atoms with E-state index in [0.29, 0.717) is 18.3 Å². The van der Waals surface area contributed by atoms with Crippen molar-refractivity contribution in [2.45, 2.75) is 51.6 Å². The van der Waals surface area contributed by atoms with Crippen molar-refractivity contribution in [3.8, 4) is 11.8 Å². The van der Waals surface area contributed by atoms with Crippen LogP contribution in [-0.4, -0.2) is 83.7 Å². The van der Waals surface area contributed by atoms with E-state index < -0.39 is 12.1 Å². The Morgan fingerprint density at radius 2 is 1.94 bits per heavy atom. The Kier molecular flexibility index (Phi) is 6.90. The standard InChI is InChI=1S/C21H27F3N6O4/c1-3-4-8-29-16-13-33-14-26(2)20(32)30(15-6-5-7-15)17(16)25-19(29)27-9-11-28(12-10-27)34-18(31)21(22,23)24/h15H,5-14H2,1-2H3. The number of piperazine rings is 1. The molecule has 0 radical (unpaired) electrons. The van der Waals surface area contributed by atoms with Crippen LogP contribution < -0.4 is 9.80 Å². The van der Waals surface area contributed by atoms with Crippen molar-refractivity contribution in [1.82, 2.24) is 19.5 Å². The van der Waals surface area contributed by atoms with Crippen molar-refractivity contribution in [2.75, 3.05) is 49.8 Å². The van der Waals surface area contributed by atoms with Gasteiger partial charge in [-0.05, 0) is 26.2 Å². The third-order valence-corrected chi connectivity index (χ3v) is 6.13. The zero-order valence-corrected chi connectivity index (χ0v) is 19.1. The number of aromatic nitrogens is 2. The summed E-state index contributed by atoms with van der Waals surface area (Å²) in [6.07, 6.45) is -2.23. The lowest BCUT2D eigenvalue weighted by molar-refractivity contribution is -0.239. The van der Waals surface area contributed by atoms with Crippen molar-refractivity contribution >= 4 is 23.8 Å². The second-order valence-electron chi connectivity index (χ2n) is 8.40. The molecule has 1 aromatic heterocycles. The Morgan fingerprint density at radius 3 is 2.53 bits per heavy atom. The molecule has 3 aliphatic rings. The lowest BCUT2D eigenvalue weighted by Gasteiger charge is -2.39. The molecule has 0 N–H and O–H groups in total. The summed E-state index contributed by atoms with van der Waals surface area (Å²) >= 11 is 0. The number of ether oxygens (including phenoxy) is 1. The van der Waals surface area contributed by atoms with Crippen LogP contribution in [0.4, 0.5) is 29.7 Å². The highest BCUT2D eigenvalue weighted by Gasteiger charge is 2.43. The molecule has 0 unspecified atom stereocenters. The van der Waals surface area contributed by atoms with Crippen molar-refractivity contribution in [2.24, 2.45) is 0 Å². The van der Waals surface area contributed by atoms with Crippen LogP contribution in [0.25, 0.3) is 0 Å². The van der Waals surface area contributed by atoms with Gasteiger partial charge < -0.3 is 19.4 Å². The summed E-state index contributed by atoms with van der Waals surface area (Å²) in [4.78, 5) is 38.8. The molecule has 1 aromatic rings. The Bertz CT molecular complexity index is 989. The van der Waals surface area contributed by atoms with Gasteiger partial charge in [0.15, 0.2) is 5.82 Å². The average Bonchev–Trinajstić information content (AvgIpc) is 3.10. The van der Waals surface area contributed by atoms with E-state index >= 15 is 0 Å². The highest BCUT2D eigenvalue weighted by molar-refractivity contribution is 5.92. The number of halogens is 3. The van der Waals surface area contributed by atoms with Crippen LogP contribution in [0.3, 0.4) is 0 Å². The number of carbonyl (C=O) groups excluding carboxylic acids is 2. The lowest BCUT2D eigenvalue weighted by Crippen LogP contribution is -2.51. The summed E-state index contributed by atoms with van der Waals surface area (Å²) in [5, 5.41) is 1.00. The Hall–Kier alpha value is -2.98. The molecule has 0 atom stereocenters. The van der Waals surface area contributed by atoms with Gasteiger partial charge in [-0.2, -0.15) is 18.2 Å². The lowest BCUT2D eigenvalue weighted by atomic mass is 9.91. The molecule has 13 heteroatoms. The molecule has 4 rings (SSSR count). The number of imidazole rings is 1. The van der Waals surface area contributed by atoms with E-state index in [0.717, 1.165) is 30.0 Å². The zero-order chi connectivity index (χ0) is 24.5. The number of rotatable bonds is 4. The molecule has 10 nitrogen and oxygen atoms in total. The molecule has 34 heavy (non-hydrogen) atoms. The van der Waals surface area contributed by atoms with Gasteiger partial charge >= 0.3 is 18.2 Å². The highest BCUT2D eigenvalue weighted by atomic mass is 19.4. The number of nitrogens with zero attached hydrogens (tertiary/aromatic N) is 6. The minimum absolute atomic E-state index is 0.0545. The van der Waals surface area contributed by atoms with Crippen LogP contribution in [-0.2, 0) is 27.5 Å². The number of anilines is 2. The molecule has 3 heterocycles. The first kappa shape index (κ1) is 24.2. The molecular formula is C21H27F3N6O4. The Balaban J connectivity index is 1.62. The summed E-state index contributed by atoms with van der Waals surface area (Å²) in [5.41, 5.74) is 0.733. The van der Waals surface area contributed by atoms with Crippen molar-refractivity contribution in [1.29, 1.82) is 0 Å². The summed E-state index contributed by atoms with van der Waals surface area (Å²) in [5.74, 6) is 4.75. The maximum absolute atomic E-state index is 13.2. The normalized spacial score (nSPS) is 20.1. The second-order valence-corrected chi connectivity index (χ2v) is 8.40. The molecule has 2 fully saturated rings. The number of fused-ring (bicyclic) bond motifs is 1. The fraction of sp³-hybridized carbons (Fsp3) is 0.667. The van der Waals surface area contributed by atoms with Gasteiger partial charge in [-0.3, -0.25) is 9.47 Å². The molecule has 186 valence electrons. The van der Waals surface area contributed by atoms with E-state index in [1.807, 2.05) is 9.47 Å². The van der Waals surface area contributed by atoms with E-state index in [2.05, 4.69) is 16.7 Å². The molecule has 2 amide bonds. The number of alkyl halides is 3. The third kappa shape index (κ3) is 4.78. The Morgan fingerprint density at radius 1 is 1.24 bits per heavy atom. The third-order valence-electron chi connectivity index (χ3n) is 6.13. The van der Waals surface area contributed by atoms with Gasteiger partial charge in [0.05, 0.1) is 31.9 Å². The van der Waals surface area contributed by atoms with E-state index in [1.54, 1.807) is 18.9 Å². The molecule has 2 aliphatic heterocycles. The van der Waals surface area contributed by atoms with E-state index in [-0.39, 0.29) is 51.6 Å². The molecule has 0 spiro atoms. The number of hydrogen-bond acceptors (Lipinski definition) is 7. The highest BCUT2D eigenvalue weighted by Crippen LogP contribution is 2.36. The number of amides is 2. The zero-order valence-electron chi connectivity index (χ0n) is 19.1. The van der Waals surface area contributed by atoms with Gasteiger partial charge in [-0.25, -0.2) is 9.59 Å². The quantitative estimate of drug-likeness (QED) is 0.604. The predicted molar refractivity (Wildman–Crippen MR) is 115 cm³/mol. The largest absolute Gasteiger partial charge is 0.492 e. The molecule has 1 aliphatic carbocycles. The first-order valence-electron chi connectivity index (χ1n) is 11.1. The number of hydrogen-bond donors (Lipinski definition) is 0. The van der Waals surface area contributed by atoms with Crippen LogP contribution in [0.1, 0.15) is 31.9 Å². The van der Waals surface area contributed by atoms with Gasteiger partial charge in [0.2, 0.25) is 5.95 Å². The van der Waals surface area contributed by atoms with E-state index in [1.165, 1.54) is 4.90 Å². The Labute approximate surface area is 195 Å². The summed E-state index contributed by atoms with van der Waals surface area (Å²) < 4.78 is 45.2. The first-order valence-corrected chi connectivity index (χ1v) is 11.1. The van der Waals surface area contributed by atoms with Crippen molar-refractivity contribution in [3.63, 3.8) is 0 Å². The SMILES string of the molecule is CC#CCn1c(N2CCN(OC(=O)C(F)(F)F)CC2)nc2c1COCN(C)C(=O)N2C1CCC1. The molecule has 1 saturated carbocycles. The maximum Gasteiger partial charge on any atom is 0.492 e. The fourth-order valence-corrected chi connectivity index (χ4v) is 4.09. The number of urea groups is 1. The van der Waals surface area contributed by atoms with Crippen LogP contribution >= 0.6 is 0 Å². The number of carbonyl (C=O) groups is 2. The average molecular weight is 484 g/mol. The topological polar surface area (TPSA) is 83.4 Å². The van der Waals surface area contributed by atoms with Gasteiger partial charge in [0, 0.05) is 26.2 Å². The van der Waals surface area contributed by atoms with Crippen LogP contribution in [0.15, 0.2) is 0 Å². The maximum atomic E-state index is 13.2. The monoisotopic (exact) mass is 484 g/mol. The first-order chi connectivity index (χ1) is 16.2. The predicted octanol–water partition coefficient (Wildman–Crippen LogP) is 1.95. The number of hydroxylamine groups is 2. The van der Waals surface area contributed by atoms with Gasteiger partial charge in [-0.15, -0.1) is 11.0 Å².